The van der Waals surface area contributed by atoms with Crippen LogP contribution in [-0.2, 0) is 14.3 Å². The summed E-state index contributed by atoms with van der Waals surface area (Å²) in [7, 11) is 0. The monoisotopic (exact) mass is 451 g/mol. The second-order valence-electron chi connectivity index (χ2n) is 10.7. The number of rotatable bonds is 4. The standard InChI is InChI=1S/C26H33N3O4/c30-22-11-10-20(23(31)27-22)29-24(32)17-6-1-2-7-18(17)25(29)33-21-9-3-8-19(21)28-15-5-14-26(16-28)12-4-13-26/h1-2,6-7,19-21,25H,3-5,8-16H2,(H,27,30,31)/t19-,20?,21-,25?/m1/s1. The quantitative estimate of drug-likeness (QED) is 0.712. The average Bonchev–Trinajstić information content (AvgIpc) is 3.37. The Bertz CT molecular complexity index is 974. The summed E-state index contributed by atoms with van der Waals surface area (Å²) in [5.74, 6) is -0.846. The Labute approximate surface area is 194 Å². The molecule has 0 bridgehead atoms. The number of nitrogens with one attached hydrogen (secondary N) is 1. The van der Waals surface area contributed by atoms with E-state index in [9.17, 15) is 14.4 Å². The van der Waals surface area contributed by atoms with Crippen LogP contribution in [0.3, 0.4) is 0 Å². The Morgan fingerprint density at radius 1 is 0.970 bits per heavy atom. The van der Waals surface area contributed by atoms with E-state index in [0.29, 0.717) is 23.4 Å². The number of piperidine rings is 2. The van der Waals surface area contributed by atoms with Gasteiger partial charge in [0.15, 0.2) is 6.23 Å². The smallest absolute Gasteiger partial charge is 0.257 e. The van der Waals surface area contributed by atoms with Crippen molar-refractivity contribution in [2.75, 3.05) is 13.1 Å². The fraction of sp³-hybridized carbons (Fsp3) is 0.654. The summed E-state index contributed by atoms with van der Waals surface area (Å²) in [6.07, 6.45) is 9.96. The highest BCUT2D eigenvalue weighted by atomic mass is 16.5. The predicted molar refractivity (Wildman–Crippen MR) is 121 cm³/mol. The molecule has 2 saturated carbocycles. The van der Waals surface area contributed by atoms with E-state index in [1.807, 2.05) is 24.3 Å². The molecule has 2 saturated heterocycles. The maximum absolute atomic E-state index is 13.4. The van der Waals surface area contributed by atoms with Crippen molar-refractivity contribution in [1.29, 1.82) is 0 Å². The molecule has 5 aliphatic rings. The number of carbonyl (C=O) groups excluding carboxylic acids is 3. The lowest BCUT2D eigenvalue weighted by Crippen LogP contribution is -2.55. The number of imide groups is 1. The Kier molecular flexibility index (Phi) is 5.29. The van der Waals surface area contributed by atoms with Gasteiger partial charge < -0.3 is 4.74 Å². The van der Waals surface area contributed by atoms with Gasteiger partial charge in [-0.1, -0.05) is 24.6 Å². The van der Waals surface area contributed by atoms with Crippen molar-refractivity contribution in [2.24, 2.45) is 5.41 Å². The first kappa shape index (κ1) is 21.3. The van der Waals surface area contributed by atoms with Gasteiger partial charge >= 0.3 is 0 Å². The molecule has 1 aromatic carbocycles. The maximum atomic E-state index is 13.4. The van der Waals surface area contributed by atoms with Crippen LogP contribution in [0.25, 0.3) is 0 Å². The second-order valence-corrected chi connectivity index (χ2v) is 10.7. The minimum Gasteiger partial charge on any atom is -0.349 e. The zero-order valence-electron chi connectivity index (χ0n) is 19.1. The molecule has 6 rings (SSSR count). The fourth-order valence-electron chi connectivity index (χ4n) is 6.96. The minimum absolute atomic E-state index is 0.0416. The zero-order valence-corrected chi connectivity index (χ0v) is 19.1. The van der Waals surface area contributed by atoms with Crippen molar-refractivity contribution in [3.8, 4) is 0 Å². The summed E-state index contributed by atoms with van der Waals surface area (Å²) in [6.45, 7) is 2.30. The van der Waals surface area contributed by atoms with E-state index in [4.69, 9.17) is 4.74 Å². The molecule has 1 N–H and O–H groups in total. The molecule has 3 aliphatic heterocycles. The molecule has 4 fully saturated rings. The number of hydrogen-bond donors (Lipinski definition) is 1. The molecule has 4 atom stereocenters. The van der Waals surface area contributed by atoms with Crippen LogP contribution < -0.4 is 5.32 Å². The van der Waals surface area contributed by atoms with Gasteiger partial charge in [-0.05, 0) is 69.4 Å². The molecule has 33 heavy (non-hydrogen) atoms. The zero-order chi connectivity index (χ0) is 22.6. The third-order valence-corrected chi connectivity index (χ3v) is 8.79. The molecule has 2 unspecified atom stereocenters. The first-order chi connectivity index (χ1) is 16.0. The lowest BCUT2D eigenvalue weighted by molar-refractivity contribution is -0.148. The van der Waals surface area contributed by atoms with Crippen LogP contribution in [0.1, 0.15) is 86.4 Å². The summed E-state index contributed by atoms with van der Waals surface area (Å²) >= 11 is 0. The van der Waals surface area contributed by atoms with Gasteiger partial charge in [-0.3, -0.25) is 29.5 Å². The normalized spacial score (nSPS) is 33.8. The molecule has 0 aromatic heterocycles. The van der Waals surface area contributed by atoms with Gasteiger partial charge in [-0.2, -0.15) is 0 Å². The molecule has 176 valence electrons. The molecular formula is C26H33N3O4. The van der Waals surface area contributed by atoms with Gasteiger partial charge in [0, 0.05) is 30.1 Å². The van der Waals surface area contributed by atoms with Crippen molar-refractivity contribution in [3.63, 3.8) is 0 Å². The Hall–Kier alpha value is -2.25. The number of benzene rings is 1. The lowest BCUT2D eigenvalue weighted by Gasteiger charge is -2.51. The first-order valence-corrected chi connectivity index (χ1v) is 12.7. The number of hydrogen-bond acceptors (Lipinski definition) is 5. The Morgan fingerprint density at radius 3 is 2.58 bits per heavy atom. The molecule has 1 spiro atoms. The number of ether oxygens (including phenoxy) is 1. The molecule has 7 heteroatoms. The van der Waals surface area contributed by atoms with Gasteiger partial charge in [0.25, 0.3) is 5.91 Å². The average molecular weight is 452 g/mol. The van der Waals surface area contributed by atoms with Crippen molar-refractivity contribution >= 4 is 17.7 Å². The molecule has 2 aliphatic carbocycles. The summed E-state index contributed by atoms with van der Waals surface area (Å²) in [4.78, 5) is 42.1. The second kappa shape index (κ2) is 8.20. The molecule has 0 radical (unpaired) electrons. The van der Waals surface area contributed by atoms with Crippen LogP contribution in [0.4, 0.5) is 0 Å². The molecule has 1 aromatic rings. The summed E-state index contributed by atoms with van der Waals surface area (Å²) in [5, 5.41) is 2.41. The van der Waals surface area contributed by atoms with E-state index < -0.39 is 18.2 Å². The highest BCUT2D eigenvalue weighted by molar-refractivity contribution is 6.05. The van der Waals surface area contributed by atoms with E-state index >= 15 is 0 Å². The highest BCUT2D eigenvalue weighted by Crippen LogP contribution is 2.49. The van der Waals surface area contributed by atoms with E-state index in [1.165, 1.54) is 38.6 Å². The number of likely N-dealkylation sites (tertiary alicyclic amines) is 1. The van der Waals surface area contributed by atoms with Crippen molar-refractivity contribution < 1.29 is 19.1 Å². The summed E-state index contributed by atoms with van der Waals surface area (Å²) in [5.41, 5.74) is 1.97. The number of amides is 3. The van der Waals surface area contributed by atoms with Gasteiger partial charge in [0.05, 0.1) is 6.10 Å². The van der Waals surface area contributed by atoms with Crippen molar-refractivity contribution in [3.05, 3.63) is 35.4 Å². The van der Waals surface area contributed by atoms with Crippen LogP contribution in [0.5, 0.6) is 0 Å². The van der Waals surface area contributed by atoms with Crippen LogP contribution in [0, 0.1) is 5.41 Å². The van der Waals surface area contributed by atoms with Crippen LogP contribution in [0.15, 0.2) is 24.3 Å². The third-order valence-electron chi connectivity index (χ3n) is 8.79. The van der Waals surface area contributed by atoms with Gasteiger partial charge in [-0.15, -0.1) is 0 Å². The molecular weight excluding hydrogens is 418 g/mol. The third kappa shape index (κ3) is 3.60. The highest BCUT2D eigenvalue weighted by Gasteiger charge is 2.49. The Balaban J connectivity index is 1.26. The van der Waals surface area contributed by atoms with Gasteiger partial charge in [0.2, 0.25) is 11.8 Å². The summed E-state index contributed by atoms with van der Waals surface area (Å²) < 4.78 is 6.79. The number of carbonyl (C=O) groups is 3. The topological polar surface area (TPSA) is 79.0 Å². The maximum Gasteiger partial charge on any atom is 0.257 e. The largest absolute Gasteiger partial charge is 0.349 e. The van der Waals surface area contributed by atoms with Gasteiger partial charge in [0.1, 0.15) is 6.04 Å². The van der Waals surface area contributed by atoms with Crippen LogP contribution in [-0.4, -0.2) is 58.8 Å². The van der Waals surface area contributed by atoms with E-state index in [1.54, 1.807) is 4.90 Å². The van der Waals surface area contributed by atoms with E-state index in [2.05, 4.69) is 10.2 Å². The van der Waals surface area contributed by atoms with Crippen molar-refractivity contribution in [1.82, 2.24) is 15.1 Å². The molecule has 3 amide bonds. The SMILES string of the molecule is O=C1CCC(N2C(=O)c3ccccc3C2O[C@@H]2CCC[C@H]2N2CCCC3(CCC3)C2)C(=O)N1. The van der Waals surface area contributed by atoms with Crippen molar-refractivity contribution in [2.45, 2.75) is 88.6 Å². The van der Waals surface area contributed by atoms with Crippen LogP contribution in [0.2, 0.25) is 0 Å². The Morgan fingerprint density at radius 2 is 1.79 bits per heavy atom. The molecule has 3 heterocycles. The number of nitrogens with zero attached hydrogens (tertiary/aromatic N) is 2. The van der Waals surface area contributed by atoms with Crippen LogP contribution >= 0.6 is 0 Å². The van der Waals surface area contributed by atoms with E-state index in [-0.39, 0.29) is 24.3 Å². The van der Waals surface area contributed by atoms with Gasteiger partial charge in [-0.25, -0.2) is 0 Å². The molecule has 7 nitrogen and oxygen atoms in total. The fourth-order valence-corrected chi connectivity index (χ4v) is 6.96. The lowest BCUT2D eigenvalue weighted by atomic mass is 9.64. The first-order valence-electron chi connectivity index (χ1n) is 12.7. The predicted octanol–water partition coefficient (Wildman–Crippen LogP) is 3.15. The summed E-state index contributed by atoms with van der Waals surface area (Å²) in [6, 6.07) is 7.23. The minimum atomic E-state index is -0.680. The number of fused-ring (bicyclic) bond motifs is 1. The van der Waals surface area contributed by atoms with E-state index in [0.717, 1.165) is 31.4 Å².